The van der Waals surface area contributed by atoms with Gasteiger partial charge in [-0.3, -0.25) is 0 Å². The summed E-state index contributed by atoms with van der Waals surface area (Å²) >= 11 is 0. The van der Waals surface area contributed by atoms with Gasteiger partial charge >= 0.3 is 0 Å². The first-order valence-corrected chi connectivity index (χ1v) is 6.05. The van der Waals surface area contributed by atoms with Crippen LogP contribution in [0.1, 0.15) is 11.1 Å². The molecule has 18 heavy (non-hydrogen) atoms. The highest BCUT2D eigenvalue weighted by molar-refractivity contribution is 5.72. The van der Waals surface area contributed by atoms with Crippen molar-refractivity contribution in [2.24, 2.45) is 0 Å². The molecule has 0 bridgehead atoms. The third kappa shape index (κ3) is 1.68. The zero-order valence-electron chi connectivity index (χ0n) is 9.94. The Labute approximate surface area is 105 Å². The molecule has 0 radical (unpaired) electrons. The maximum absolute atomic E-state index is 14.0. The largest absolute Gasteiger partial charge is 0.392 e. The van der Waals surface area contributed by atoms with Gasteiger partial charge in [0.15, 0.2) is 0 Å². The average Bonchev–Trinajstić information content (AvgIpc) is 2.82. The first-order valence-electron chi connectivity index (χ1n) is 6.05. The van der Waals surface area contributed by atoms with Gasteiger partial charge in [0.25, 0.3) is 0 Å². The van der Waals surface area contributed by atoms with E-state index in [1.165, 1.54) is 11.6 Å². The molecule has 1 N–H and O–H groups in total. The van der Waals surface area contributed by atoms with E-state index in [0.29, 0.717) is 11.3 Å². The lowest BCUT2D eigenvalue weighted by molar-refractivity contribution is 0.281. The number of rotatable bonds is 2. The van der Waals surface area contributed by atoms with E-state index in [2.05, 4.69) is 6.07 Å². The van der Waals surface area contributed by atoms with E-state index in [9.17, 15) is 9.50 Å². The third-order valence-electron chi connectivity index (χ3n) is 3.40. The van der Waals surface area contributed by atoms with Gasteiger partial charge in [-0.25, -0.2) is 4.39 Å². The van der Waals surface area contributed by atoms with E-state index in [1.54, 1.807) is 12.1 Å². The molecule has 0 atom stereocenters. The van der Waals surface area contributed by atoms with Gasteiger partial charge in [-0.05, 0) is 24.1 Å². The highest BCUT2D eigenvalue weighted by Crippen LogP contribution is 2.37. The van der Waals surface area contributed by atoms with Gasteiger partial charge in [0.2, 0.25) is 0 Å². The lowest BCUT2D eigenvalue weighted by atomic mass is 10.1. The first kappa shape index (κ1) is 11.2. The molecular weight excluding hydrogens is 229 g/mol. The Balaban J connectivity index is 2.13. The molecule has 92 valence electrons. The lowest BCUT2D eigenvalue weighted by Gasteiger charge is -2.22. The van der Waals surface area contributed by atoms with Crippen LogP contribution in [0.2, 0.25) is 0 Å². The van der Waals surface area contributed by atoms with E-state index in [-0.39, 0.29) is 12.4 Å². The minimum absolute atomic E-state index is 0.147. The van der Waals surface area contributed by atoms with Crippen LogP contribution in [-0.4, -0.2) is 11.7 Å². The minimum atomic E-state index is -0.279. The van der Waals surface area contributed by atoms with Crippen LogP contribution >= 0.6 is 0 Å². The van der Waals surface area contributed by atoms with Crippen LogP contribution < -0.4 is 4.90 Å². The number of hydrogen-bond donors (Lipinski definition) is 1. The van der Waals surface area contributed by atoms with E-state index < -0.39 is 0 Å². The topological polar surface area (TPSA) is 23.5 Å². The summed E-state index contributed by atoms with van der Waals surface area (Å²) in [6, 6.07) is 12.8. The molecule has 0 aliphatic carbocycles. The Morgan fingerprint density at radius 3 is 2.78 bits per heavy atom. The van der Waals surface area contributed by atoms with Crippen molar-refractivity contribution in [2.45, 2.75) is 13.0 Å². The second-order valence-corrected chi connectivity index (χ2v) is 4.44. The summed E-state index contributed by atoms with van der Waals surface area (Å²) in [6.45, 7) is 0.610. The Morgan fingerprint density at radius 1 is 1.11 bits per heavy atom. The summed E-state index contributed by atoms with van der Waals surface area (Å²) in [5.41, 5.74) is 3.40. The van der Waals surface area contributed by atoms with Gasteiger partial charge in [-0.1, -0.05) is 30.3 Å². The van der Waals surface area contributed by atoms with Crippen molar-refractivity contribution in [1.82, 2.24) is 0 Å². The molecular formula is C15H14FNO. The maximum atomic E-state index is 14.0. The molecule has 0 spiro atoms. The average molecular weight is 243 g/mol. The van der Waals surface area contributed by atoms with Crippen molar-refractivity contribution in [3.63, 3.8) is 0 Å². The fraction of sp³-hybridized carbons (Fsp3) is 0.200. The zero-order chi connectivity index (χ0) is 12.5. The van der Waals surface area contributed by atoms with E-state index in [4.69, 9.17) is 0 Å². The molecule has 2 aromatic carbocycles. The number of fused-ring (bicyclic) bond motifs is 1. The van der Waals surface area contributed by atoms with E-state index >= 15 is 0 Å². The molecule has 3 heteroatoms. The zero-order valence-corrected chi connectivity index (χ0v) is 9.94. The number of para-hydroxylation sites is 2. The van der Waals surface area contributed by atoms with Gasteiger partial charge in [0.05, 0.1) is 12.3 Å². The van der Waals surface area contributed by atoms with E-state index in [1.807, 2.05) is 23.1 Å². The summed E-state index contributed by atoms with van der Waals surface area (Å²) in [7, 11) is 0. The van der Waals surface area contributed by atoms with Gasteiger partial charge < -0.3 is 10.0 Å². The van der Waals surface area contributed by atoms with Gasteiger partial charge in [0, 0.05) is 17.8 Å². The quantitative estimate of drug-likeness (QED) is 0.876. The number of benzene rings is 2. The van der Waals surface area contributed by atoms with Crippen LogP contribution in [-0.2, 0) is 13.0 Å². The number of hydrogen-bond acceptors (Lipinski definition) is 2. The van der Waals surface area contributed by atoms with Crippen LogP contribution in [0.25, 0.3) is 0 Å². The van der Waals surface area contributed by atoms with Crippen molar-refractivity contribution >= 4 is 11.4 Å². The molecule has 0 aromatic heterocycles. The molecule has 2 aromatic rings. The van der Waals surface area contributed by atoms with E-state index in [0.717, 1.165) is 18.7 Å². The highest BCUT2D eigenvalue weighted by Gasteiger charge is 2.24. The third-order valence-corrected chi connectivity index (χ3v) is 3.40. The second kappa shape index (κ2) is 4.42. The normalized spacial score (nSPS) is 13.8. The molecule has 1 aliphatic rings. The van der Waals surface area contributed by atoms with Crippen LogP contribution in [0.4, 0.5) is 15.8 Å². The first-order chi connectivity index (χ1) is 8.81. The minimum Gasteiger partial charge on any atom is -0.392 e. The molecule has 0 fully saturated rings. The number of anilines is 2. The van der Waals surface area contributed by atoms with Crippen molar-refractivity contribution in [2.75, 3.05) is 11.4 Å². The number of nitrogens with zero attached hydrogens (tertiary/aromatic N) is 1. The summed E-state index contributed by atoms with van der Waals surface area (Å²) in [5.74, 6) is -0.279. The molecule has 0 unspecified atom stereocenters. The van der Waals surface area contributed by atoms with Crippen molar-refractivity contribution in [3.05, 3.63) is 59.4 Å². The molecule has 1 heterocycles. The summed E-state index contributed by atoms with van der Waals surface area (Å²) in [5, 5.41) is 9.36. The summed E-state index contributed by atoms with van der Waals surface area (Å²) in [4.78, 5) is 1.95. The van der Waals surface area contributed by atoms with Crippen LogP contribution in [0.5, 0.6) is 0 Å². The Hall–Kier alpha value is -1.87. The summed E-state index contributed by atoms with van der Waals surface area (Å²) < 4.78 is 14.0. The maximum Gasteiger partial charge on any atom is 0.147 e. The Bertz CT molecular complexity index is 582. The molecule has 1 aliphatic heterocycles. The molecule has 3 rings (SSSR count). The number of aliphatic hydroxyl groups is 1. The standard InChI is InChI=1S/C15H14FNO/c16-13-6-3-5-12(10-18)15(13)17-9-8-11-4-1-2-7-14(11)17/h1-7,18H,8-10H2. The van der Waals surface area contributed by atoms with Crippen LogP contribution in [0.15, 0.2) is 42.5 Å². The monoisotopic (exact) mass is 243 g/mol. The highest BCUT2D eigenvalue weighted by atomic mass is 19.1. The molecule has 0 saturated heterocycles. The van der Waals surface area contributed by atoms with Crippen LogP contribution in [0, 0.1) is 5.82 Å². The number of halogens is 1. The summed E-state index contributed by atoms with van der Waals surface area (Å²) in [6.07, 6.45) is 0.912. The Morgan fingerprint density at radius 2 is 1.94 bits per heavy atom. The van der Waals surface area contributed by atoms with Crippen molar-refractivity contribution in [1.29, 1.82) is 0 Å². The SMILES string of the molecule is OCc1cccc(F)c1N1CCc2ccccc21. The van der Waals surface area contributed by atoms with Gasteiger partial charge in [0.1, 0.15) is 5.82 Å². The molecule has 0 saturated carbocycles. The number of aliphatic hydroxyl groups excluding tert-OH is 1. The van der Waals surface area contributed by atoms with Crippen LogP contribution in [0.3, 0.4) is 0 Å². The molecule has 2 nitrogen and oxygen atoms in total. The van der Waals surface area contributed by atoms with Gasteiger partial charge in [-0.2, -0.15) is 0 Å². The second-order valence-electron chi connectivity index (χ2n) is 4.44. The fourth-order valence-corrected chi connectivity index (χ4v) is 2.56. The molecule has 0 amide bonds. The smallest absolute Gasteiger partial charge is 0.147 e. The van der Waals surface area contributed by atoms with Crippen molar-refractivity contribution < 1.29 is 9.50 Å². The van der Waals surface area contributed by atoms with Gasteiger partial charge in [-0.15, -0.1) is 0 Å². The lowest BCUT2D eigenvalue weighted by Crippen LogP contribution is -2.17. The predicted octanol–water partition coefficient (Wildman–Crippen LogP) is 3.01. The Kier molecular flexibility index (Phi) is 2.76. The fourth-order valence-electron chi connectivity index (χ4n) is 2.56. The predicted molar refractivity (Wildman–Crippen MR) is 69.5 cm³/mol. The van der Waals surface area contributed by atoms with Crippen molar-refractivity contribution in [3.8, 4) is 0 Å².